The summed E-state index contributed by atoms with van der Waals surface area (Å²) in [7, 11) is 1.64. The second kappa shape index (κ2) is 6.49. The maximum atomic E-state index is 11.4. The molecule has 0 bridgehead atoms. The highest BCUT2D eigenvalue weighted by Gasteiger charge is 2.06. The molecule has 5 heteroatoms. The van der Waals surface area contributed by atoms with Crippen LogP contribution in [0.1, 0.15) is 11.3 Å². The van der Waals surface area contributed by atoms with Gasteiger partial charge in [0.05, 0.1) is 18.7 Å². The number of anilines is 1. The number of nitrogens with one attached hydrogen (secondary N) is 2. The van der Waals surface area contributed by atoms with Crippen LogP contribution in [0, 0.1) is 0 Å². The molecule has 0 aliphatic heterocycles. The van der Waals surface area contributed by atoms with Gasteiger partial charge in [0, 0.05) is 18.9 Å². The predicted octanol–water partition coefficient (Wildman–Crippen LogP) is 1.38. The number of amides is 1. The zero-order valence-corrected chi connectivity index (χ0v) is 10.8. The Morgan fingerprint density at radius 2 is 2.11 bits per heavy atom. The fourth-order valence-corrected chi connectivity index (χ4v) is 1.72. The Kier molecular flexibility index (Phi) is 4.44. The third-order valence-electron chi connectivity index (χ3n) is 2.75. The van der Waals surface area contributed by atoms with Crippen molar-refractivity contribution >= 4 is 11.6 Å². The molecule has 0 spiro atoms. The highest BCUT2D eigenvalue weighted by molar-refractivity contribution is 5.80. The number of hydrogen-bond donors (Lipinski definition) is 2. The summed E-state index contributed by atoms with van der Waals surface area (Å²) < 4.78 is 0. The molecule has 0 atom stereocenters. The molecule has 1 aromatic carbocycles. The maximum Gasteiger partial charge on any atom is 0.224 e. The molecule has 2 aromatic rings. The Balaban J connectivity index is 2.05. The molecule has 19 heavy (non-hydrogen) atoms. The van der Waals surface area contributed by atoms with Gasteiger partial charge in [0.15, 0.2) is 0 Å². The third-order valence-corrected chi connectivity index (χ3v) is 2.75. The van der Waals surface area contributed by atoms with Crippen molar-refractivity contribution in [1.82, 2.24) is 15.3 Å². The van der Waals surface area contributed by atoms with Crippen molar-refractivity contribution in [2.45, 2.75) is 13.0 Å². The number of hydrogen-bond acceptors (Lipinski definition) is 4. The number of carbonyl (C=O) groups excluding carboxylic acids is 1. The lowest BCUT2D eigenvalue weighted by Gasteiger charge is -2.11. The van der Waals surface area contributed by atoms with Crippen LogP contribution >= 0.6 is 0 Å². The minimum absolute atomic E-state index is 0.00344. The van der Waals surface area contributed by atoms with Crippen LogP contribution in [0.15, 0.2) is 42.9 Å². The molecule has 1 heterocycles. The van der Waals surface area contributed by atoms with Gasteiger partial charge >= 0.3 is 0 Å². The summed E-state index contributed by atoms with van der Waals surface area (Å²) in [4.78, 5) is 19.5. The molecule has 0 aliphatic rings. The van der Waals surface area contributed by atoms with Crippen LogP contribution in [-0.4, -0.2) is 22.9 Å². The molecule has 0 saturated heterocycles. The Hall–Kier alpha value is -2.43. The van der Waals surface area contributed by atoms with Crippen LogP contribution in [0.25, 0.3) is 0 Å². The summed E-state index contributed by atoms with van der Waals surface area (Å²) >= 11 is 0. The summed E-state index contributed by atoms with van der Waals surface area (Å²) in [6.07, 6.45) is 3.59. The van der Waals surface area contributed by atoms with Gasteiger partial charge in [-0.05, 0) is 17.7 Å². The number of carbonyl (C=O) groups is 1. The first-order valence-corrected chi connectivity index (χ1v) is 6.07. The monoisotopic (exact) mass is 256 g/mol. The average Bonchev–Trinajstić information content (AvgIpc) is 2.47. The molecule has 0 unspecified atom stereocenters. The Morgan fingerprint density at radius 3 is 2.84 bits per heavy atom. The van der Waals surface area contributed by atoms with E-state index in [0.29, 0.717) is 13.0 Å². The van der Waals surface area contributed by atoms with Crippen molar-refractivity contribution in [3.8, 4) is 0 Å². The molecule has 2 rings (SSSR count). The van der Waals surface area contributed by atoms with Crippen LogP contribution in [0.5, 0.6) is 0 Å². The zero-order chi connectivity index (χ0) is 13.5. The Labute approximate surface area is 112 Å². The number of likely N-dealkylation sites (N-methyl/N-ethyl adjacent to an activating group) is 1. The molecule has 98 valence electrons. The summed E-state index contributed by atoms with van der Waals surface area (Å²) in [5.74, 6) is -0.00344. The smallest absolute Gasteiger partial charge is 0.224 e. The number of nitrogens with zero attached hydrogens (tertiary/aromatic N) is 2. The molecule has 5 nitrogen and oxygen atoms in total. The van der Waals surface area contributed by atoms with Gasteiger partial charge in [0.1, 0.15) is 6.33 Å². The number of benzene rings is 1. The third kappa shape index (κ3) is 3.77. The molecule has 0 aliphatic carbocycles. The van der Waals surface area contributed by atoms with Gasteiger partial charge in [-0.25, -0.2) is 9.97 Å². The fourth-order valence-electron chi connectivity index (χ4n) is 1.72. The van der Waals surface area contributed by atoms with Gasteiger partial charge < -0.3 is 10.6 Å². The summed E-state index contributed by atoms with van der Waals surface area (Å²) in [5, 5.41) is 5.92. The number of para-hydroxylation sites is 1. The van der Waals surface area contributed by atoms with Crippen molar-refractivity contribution in [2.75, 3.05) is 12.4 Å². The lowest BCUT2D eigenvalue weighted by molar-refractivity contribution is -0.119. The van der Waals surface area contributed by atoms with Crippen LogP contribution in [0.2, 0.25) is 0 Å². The molecule has 1 aromatic heterocycles. The van der Waals surface area contributed by atoms with Crippen LogP contribution < -0.4 is 10.6 Å². The van der Waals surface area contributed by atoms with E-state index in [1.165, 1.54) is 6.33 Å². The van der Waals surface area contributed by atoms with E-state index in [2.05, 4.69) is 20.6 Å². The quantitative estimate of drug-likeness (QED) is 0.848. The number of rotatable bonds is 5. The standard InChI is InChI=1S/C14H16N4O/c1-15-14(19)8-11-4-2-3-5-13(11)17-9-12-6-7-16-10-18-12/h2-7,10,17H,8-9H2,1H3,(H,15,19). The van der Waals surface area contributed by atoms with Crippen LogP contribution in [0.3, 0.4) is 0 Å². The highest BCUT2D eigenvalue weighted by atomic mass is 16.1. The van der Waals surface area contributed by atoms with Crippen LogP contribution in [-0.2, 0) is 17.8 Å². The van der Waals surface area contributed by atoms with Crippen molar-refractivity contribution in [3.05, 3.63) is 54.1 Å². The zero-order valence-electron chi connectivity index (χ0n) is 10.8. The van der Waals surface area contributed by atoms with Crippen molar-refractivity contribution < 1.29 is 4.79 Å². The fraction of sp³-hybridized carbons (Fsp3) is 0.214. The van der Waals surface area contributed by atoms with E-state index in [1.54, 1.807) is 13.2 Å². The van der Waals surface area contributed by atoms with Gasteiger partial charge in [-0.3, -0.25) is 4.79 Å². The predicted molar refractivity (Wildman–Crippen MR) is 73.6 cm³/mol. The van der Waals surface area contributed by atoms with E-state index in [1.807, 2.05) is 30.3 Å². The lowest BCUT2D eigenvalue weighted by atomic mass is 10.1. The van der Waals surface area contributed by atoms with Crippen LogP contribution in [0.4, 0.5) is 5.69 Å². The van der Waals surface area contributed by atoms with Gasteiger partial charge in [-0.2, -0.15) is 0 Å². The average molecular weight is 256 g/mol. The molecule has 0 fully saturated rings. The topological polar surface area (TPSA) is 66.9 Å². The van der Waals surface area contributed by atoms with E-state index < -0.39 is 0 Å². The Bertz CT molecular complexity index is 542. The first-order valence-electron chi connectivity index (χ1n) is 6.07. The van der Waals surface area contributed by atoms with Gasteiger partial charge in [-0.1, -0.05) is 18.2 Å². The second-order valence-electron chi connectivity index (χ2n) is 4.06. The molecule has 0 saturated carbocycles. The van der Waals surface area contributed by atoms with Crippen molar-refractivity contribution in [3.63, 3.8) is 0 Å². The molecule has 2 N–H and O–H groups in total. The summed E-state index contributed by atoms with van der Waals surface area (Å²) in [6.45, 7) is 0.604. The molecule has 1 amide bonds. The van der Waals surface area contributed by atoms with Gasteiger partial charge in [0.2, 0.25) is 5.91 Å². The summed E-state index contributed by atoms with van der Waals surface area (Å²) in [5.41, 5.74) is 2.82. The van der Waals surface area contributed by atoms with E-state index in [9.17, 15) is 4.79 Å². The second-order valence-corrected chi connectivity index (χ2v) is 4.06. The van der Waals surface area contributed by atoms with E-state index in [0.717, 1.165) is 16.9 Å². The lowest BCUT2D eigenvalue weighted by Crippen LogP contribution is -2.20. The first-order chi connectivity index (χ1) is 9.29. The maximum absolute atomic E-state index is 11.4. The minimum atomic E-state index is -0.00344. The van der Waals surface area contributed by atoms with E-state index >= 15 is 0 Å². The largest absolute Gasteiger partial charge is 0.379 e. The van der Waals surface area contributed by atoms with Gasteiger partial charge in [-0.15, -0.1) is 0 Å². The van der Waals surface area contributed by atoms with E-state index in [4.69, 9.17) is 0 Å². The normalized spacial score (nSPS) is 9.95. The first kappa shape index (κ1) is 13.0. The van der Waals surface area contributed by atoms with Crippen molar-refractivity contribution in [2.24, 2.45) is 0 Å². The number of aromatic nitrogens is 2. The van der Waals surface area contributed by atoms with Gasteiger partial charge in [0.25, 0.3) is 0 Å². The SMILES string of the molecule is CNC(=O)Cc1ccccc1NCc1ccncn1. The minimum Gasteiger partial charge on any atom is -0.379 e. The Morgan fingerprint density at radius 1 is 1.26 bits per heavy atom. The van der Waals surface area contributed by atoms with Crippen molar-refractivity contribution in [1.29, 1.82) is 0 Å². The summed E-state index contributed by atoms with van der Waals surface area (Å²) in [6, 6.07) is 9.62. The highest BCUT2D eigenvalue weighted by Crippen LogP contribution is 2.16. The molecular weight excluding hydrogens is 240 g/mol. The molecular formula is C14H16N4O. The molecule has 0 radical (unpaired) electrons. The van der Waals surface area contributed by atoms with E-state index in [-0.39, 0.29) is 5.91 Å².